The standard InChI is InChI=1S/C18H17FN2O4S2/c1-11-2-3-12(8-14(11)19)20-17(22)6-7-27(24,25)13-4-5-16-15(9-13)21-18(23)10-26-16/h2-5,8-9H,6-7,10H2,1H3,(H,20,22)(H,21,23). The molecule has 0 unspecified atom stereocenters. The SMILES string of the molecule is Cc1ccc(NC(=O)CCS(=O)(=O)c2ccc3c(c2)NC(=O)CS3)cc1F. The summed E-state index contributed by atoms with van der Waals surface area (Å²) in [5, 5.41) is 5.13. The number of rotatable bonds is 5. The summed E-state index contributed by atoms with van der Waals surface area (Å²) in [6.07, 6.45) is -0.268. The molecule has 9 heteroatoms. The normalized spacial score (nSPS) is 13.6. The van der Waals surface area contributed by atoms with Gasteiger partial charge >= 0.3 is 0 Å². The van der Waals surface area contributed by atoms with E-state index >= 15 is 0 Å². The first-order valence-electron chi connectivity index (χ1n) is 8.10. The molecule has 142 valence electrons. The molecule has 1 aliphatic heterocycles. The summed E-state index contributed by atoms with van der Waals surface area (Å²) >= 11 is 1.34. The molecule has 2 aromatic rings. The van der Waals surface area contributed by atoms with E-state index in [0.717, 1.165) is 4.90 Å². The van der Waals surface area contributed by atoms with Gasteiger partial charge in [-0.05, 0) is 42.8 Å². The van der Waals surface area contributed by atoms with E-state index in [1.807, 2.05) is 0 Å². The van der Waals surface area contributed by atoms with Crippen molar-refractivity contribution in [2.24, 2.45) is 0 Å². The first-order valence-corrected chi connectivity index (χ1v) is 10.7. The first-order chi connectivity index (χ1) is 12.7. The van der Waals surface area contributed by atoms with E-state index < -0.39 is 27.3 Å². The third-order valence-electron chi connectivity index (χ3n) is 4.00. The summed E-state index contributed by atoms with van der Waals surface area (Å²) in [4.78, 5) is 24.3. The molecule has 0 atom stereocenters. The van der Waals surface area contributed by atoms with Crippen LogP contribution < -0.4 is 10.6 Å². The zero-order valence-electron chi connectivity index (χ0n) is 14.4. The maximum Gasteiger partial charge on any atom is 0.234 e. The Balaban J connectivity index is 1.66. The van der Waals surface area contributed by atoms with Gasteiger partial charge in [-0.25, -0.2) is 12.8 Å². The van der Waals surface area contributed by atoms with Gasteiger partial charge < -0.3 is 10.6 Å². The Labute approximate surface area is 160 Å². The van der Waals surface area contributed by atoms with Crippen LogP contribution in [0.4, 0.5) is 15.8 Å². The van der Waals surface area contributed by atoms with Crippen molar-refractivity contribution < 1.29 is 22.4 Å². The number of carbonyl (C=O) groups is 2. The molecule has 2 N–H and O–H groups in total. The number of anilines is 2. The van der Waals surface area contributed by atoms with E-state index in [0.29, 0.717) is 17.0 Å². The Hall–Kier alpha value is -2.39. The van der Waals surface area contributed by atoms with Crippen LogP contribution in [-0.4, -0.2) is 31.7 Å². The highest BCUT2D eigenvalue weighted by Gasteiger charge is 2.21. The monoisotopic (exact) mass is 408 g/mol. The molecule has 0 fully saturated rings. The summed E-state index contributed by atoms with van der Waals surface area (Å²) in [6.45, 7) is 1.60. The second-order valence-corrected chi connectivity index (χ2v) is 9.20. The Morgan fingerprint density at radius 1 is 1.26 bits per heavy atom. The van der Waals surface area contributed by atoms with E-state index in [4.69, 9.17) is 0 Å². The Morgan fingerprint density at radius 3 is 2.78 bits per heavy atom. The van der Waals surface area contributed by atoms with Gasteiger partial charge in [0, 0.05) is 17.0 Å². The molecule has 1 heterocycles. The Kier molecular flexibility index (Phi) is 5.52. The molecular weight excluding hydrogens is 391 g/mol. The highest BCUT2D eigenvalue weighted by Crippen LogP contribution is 2.33. The average molecular weight is 408 g/mol. The van der Waals surface area contributed by atoms with Crippen molar-refractivity contribution in [2.75, 3.05) is 22.1 Å². The van der Waals surface area contributed by atoms with Gasteiger partial charge in [-0.15, -0.1) is 11.8 Å². The predicted octanol–water partition coefficient (Wildman–Crippen LogP) is 2.98. The minimum atomic E-state index is -3.71. The van der Waals surface area contributed by atoms with Gasteiger partial charge in [-0.1, -0.05) is 6.07 Å². The summed E-state index contributed by atoms with van der Waals surface area (Å²) in [5.41, 5.74) is 1.18. The van der Waals surface area contributed by atoms with Crippen molar-refractivity contribution in [1.29, 1.82) is 0 Å². The molecule has 6 nitrogen and oxygen atoms in total. The van der Waals surface area contributed by atoms with E-state index in [1.165, 1.54) is 36.0 Å². The number of halogens is 1. The lowest BCUT2D eigenvalue weighted by Crippen LogP contribution is -2.20. The van der Waals surface area contributed by atoms with Gasteiger partial charge in [0.25, 0.3) is 0 Å². The van der Waals surface area contributed by atoms with Gasteiger partial charge in [-0.3, -0.25) is 9.59 Å². The van der Waals surface area contributed by atoms with E-state index in [-0.39, 0.29) is 22.9 Å². The summed E-state index contributed by atoms with van der Waals surface area (Å²) in [5.74, 6) is -1.27. The number of hydrogen-bond donors (Lipinski definition) is 2. The molecule has 0 aromatic heterocycles. The third kappa shape index (κ3) is 4.67. The fraction of sp³-hybridized carbons (Fsp3) is 0.222. The van der Waals surface area contributed by atoms with Gasteiger partial charge in [0.05, 0.1) is 22.1 Å². The zero-order chi connectivity index (χ0) is 19.6. The molecule has 3 rings (SSSR count). The lowest BCUT2D eigenvalue weighted by Gasteiger charge is -2.17. The third-order valence-corrected chi connectivity index (χ3v) is 6.78. The Bertz CT molecular complexity index is 1020. The summed E-state index contributed by atoms with van der Waals surface area (Å²) in [7, 11) is -3.71. The molecule has 0 radical (unpaired) electrons. The molecule has 0 saturated heterocycles. The summed E-state index contributed by atoms with van der Waals surface area (Å²) in [6, 6.07) is 8.77. The second kappa shape index (κ2) is 7.69. The van der Waals surface area contributed by atoms with E-state index in [2.05, 4.69) is 10.6 Å². The van der Waals surface area contributed by atoms with Gasteiger partial charge in [0.2, 0.25) is 11.8 Å². The molecule has 0 saturated carbocycles. The number of fused-ring (bicyclic) bond motifs is 1. The van der Waals surface area contributed by atoms with Crippen molar-refractivity contribution in [3.8, 4) is 0 Å². The molecular formula is C18H17FN2O4S2. The van der Waals surface area contributed by atoms with Crippen molar-refractivity contribution in [2.45, 2.75) is 23.1 Å². The van der Waals surface area contributed by atoms with Crippen LogP contribution in [0.5, 0.6) is 0 Å². The number of hydrogen-bond acceptors (Lipinski definition) is 5. The number of carbonyl (C=O) groups excluding carboxylic acids is 2. The van der Waals surface area contributed by atoms with Crippen LogP contribution >= 0.6 is 11.8 Å². The van der Waals surface area contributed by atoms with Gasteiger partial charge in [-0.2, -0.15) is 0 Å². The van der Waals surface area contributed by atoms with Crippen molar-refractivity contribution in [1.82, 2.24) is 0 Å². The van der Waals surface area contributed by atoms with E-state index in [1.54, 1.807) is 19.1 Å². The smallest absolute Gasteiger partial charge is 0.234 e. The summed E-state index contributed by atoms with van der Waals surface area (Å²) < 4.78 is 38.5. The highest BCUT2D eigenvalue weighted by molar-refractivity contribution is 8.00. The first kappa shape index (κ1) is 19.4. The molecule has 1 aliphatic rings. The quantitative estimate of drug-likeness (QED) is 0.794. The van der Waals surface area contributed by atoms with Gasteiger partial charge in [0.15, 0.2) is 9.84 Å². The molecule has 0 bridgehead atoms. The second-order valence-electron chi connectivity index (χ2n) is 6.08. The minimum Gasteiger partial charge on any atom is -0.326 e. The maximum atomic E-state index is 13.5. The van der Waals surface area contributed by atoms with Crippen molar-refractivity contribution >= 4 is 44.8 Å². The molecule has 2 amide bonds. The van der Waals surface area contributed by atoms with Crippen LogP contribution in [0.2, 0.25) is 0 Å². The number of amides is 2. The number of sulfone groups is 1. The lowest BCUT2D eigenvalue weighted by atomic mass is 10.2. The highest BCUT2D eigenvalue weighted by atomic mass is 32.2. The van der Waals surface area contributed by atoms with Gasteiger partial charge in [0.1, 0.15) is 5.82 Å². The molecule has 27 heavy (non-hydrogen) atoms. The molecule has 0 aliphatic carbocycles. The van der Waals surface area contributed by atoms with Crippen LogP contribution in [0.3, 0.4) is 0 Å². The largest absolute Gasteiger partial charge is 0.326 e. The van der Waals surface area contributed by atoms with Crippen LogP contribution in [0.1, 0.15) is 12.0 Å². The maximum absolute atomic E-state index is 13.5. The number of aryl methyl sites for hydroxylation is 1. The predicted molar refractivity (Wildman–Crippen MR) is 102 cm³/mol. The molecule has 0 spiro atoms. The Morgan fingerprint density at radius 2 is 2.04 bits per heavy atom. The number of thioether (sulfide) groups is 1. The number of nitrogens with one attached hydrogen (secondary N) is 2. The van der Waals surface area contributed by atoms with Crippen molar-refractivity contribution in [3.05, 3.63) is 47.8 Å². The lowest BCUT2D eigenvalue weighted by molar-refractivity contribution is -0.116. The topological polar surface area (TPSA) is 92.3 Å². The minimum absolute atomic E-state index is 0.0400. The van der Waals surface area contributed by atoms with Crippen LogP contribution in [0, 0.1) is 12.7 Å². The van der Waals surface area contributed by atoms with Crippen molar-refractivity contribution in [3.63, 3.8) is 0 Å². The fourth-order valence-corrected chi connectivity index (χ4v) is 4.55. The molecule has 2 aromatic carbocycles. The fourth-order valence-electron chi connectivity index (χ4n) is 2.49. The van der Waals surface area contributed by atoms with Crippen LogP contribution in [0.15, 0.2) is 46.2 Å². The average Bonchev–Trinajstić information content (AvgIpc) is 2.62. The zero-order valence-corrected chi connectivity index (χ0v) is 16.0. The van der Waals surface area contributed by atoms with E-state index in [9.17, 15) is 22.4 Å². The number of benzene rings is 2. The van der Waals surface area contributed by atoms with Crippen LogP contribution in [0.25, 0.3) is 0 Å². The van der Waals surface area contributed by atoms with Crippen LogP contribution in [-0.2, 0) is 19.4 Å².